The van der Waals surface area contributed by atoms with Crippen molar-refractivity contribution in [2.45, 2.75) is 6.92 Å². The van der Waals surface area contributed by atoms with Gasteiger partial charge in [0.15, 0.2) is 17.0 Å². The van der Waals surface area contributed by atoms with Gasteiger partial charge in [0.05, 0.1) is 5.39 Å². The van der Waals surface area contributed by atoms with E-state index in [2.05, 4.69) is 6.58 Å². The fourth-order valence-corrected chi connectivity index (χ4v) is 3.20. The van der Waals surface area contributed by atoms with Crippen molar-refractivity contribution in [3.05, 3.63) is 65.0 Å². The molecule has 0 aliphatic rings. The van der Waals surface area contributed by atoms with Crippen molar-refractivity contribution in [1.82, 2.24) is 0 Å². The van der Waals surface area contributed by atoms with E-state index in [1.807, 2.05) is 24.3 Å². The molecule has 1 aromatic heterocycles. The van der Waals surface area contributed by atoms with Crippen LogP contribution >= 0.6 is 11.3 Å². The fraction of sp³-hybridized carbons (Fsp3) is 0.0588. The summed E-state index contributed by atoms with van der Waals surface area (Å²) in [4.78, 5) is 24.0. The SMILES string of the molecule is C=C(Oc1cccc2sc3ccccc3c(=O)c12)C(C)=O. The molecule has 0 atom stereocenters. The summed E-state index contributed by atoms with van der Waals surface area (Å²) in [6, 6.07) is 12.8. The highest BCUT2D eigenvalue weighted by Gasteiger charge is 2.12. The molecule has 0 N–H and O–H groups in total. The van der Waals surface area contributed by atoms with Crippen molar-refractivity contribution >= 4 is 37.3 Å². The normalized spacial score (nSPS) is 10.7. The smallest absolute Gasteiger partial charge is 0.199 e. The van der Waals surface area contributed by atoms with Crippen LogP contribution in [0.25, 0.3) is 20.2 Å². The van der Waals surface area contributed by atoms with E-state index in [9.17, 15) is 9.59 Å². The van der Waals surface area contributed by atoms with E-state index in [-0.39, 0.29) is 17.0 Å². The average Bonchev–Trinajstić information content (AvgIpc) is 2.47. The van der Waals surface area contributed by atoms with Crippen molar-refractivity contribution in [2.75, 3.05) is 0 Å². The van der Waals surface area contributed by atoms with Crippen molar-refractivity contribution in [2.24, 2.45) is 0 Å². The number of hydrogen-bond donors (Lipinski definition) is 0. The average molecular weight is 296 g/mol. The van der Waals surface area contributed by atoms with Crippen LogP contribution in [0, 0.1) is 0 Å². The number of allylic oxidation sites excluding steroid dienone is 1. The highest BCUT2D eigenvalue weighted by atomic mass is 32.1. The first-order valence-electron chi connectivity index (χ1n) is 6.40. The number of hydrogen-bond acceptors (Lipinski definition) is 4. The topological polar surface area (TPSA) is 43.4 Å². The van der Waals surface area contributed by atoms with E-state index < -0.39 is 0 Å². The lowest BCUT2D eigenvalue weighted by Crippen LogP contribution is -2.07. The largest absolute Gasteiger partial charge is 0.453 e. The second-order valence-electron chi connectivity index (χ2n) is 4.64. The van der Waals surface area contributed by atoms with Gasteiger partial charge in [-0.15, -0.1) is 11.3 Å². The number of carbonyl (C=O) groups is 1. The number of ketones is 1. The molecule has 0 aliphatic carbocycles. The summed E-state index contributed by atoms with van der Waals surface area (Å²) in [5, 5.41) is 1.14. The van der Waals surface area contributed by atoms with Crippen molar-refractivity contribution in [3.8, 4) is 5.75 Å². The van der Waals surface area contributed by atoms with Crippen LogP contribution < -0.4 is 10.2 Å². The van der Waals surface area contributed by atoms with Gasteiger partial charge in [0.2, 0.25) is 0 Å². The number of carbonyl (C=O) groups excluding carboxylic acids is 1. The van der Waals surface area contributed by atoms with Gasteiger partial charge < -0.3 is 4.74 Å². The van der Waals surface area contributed by atoms with Gasteiger partial charge in [0.25, 0.3) is 0 Å². The summed E-state index contributed by atoms with van der Waals surface area (Å²) in [6.07, 6.45) is 0. The predicted molar refractivity (Wildman–Crippen MR) is 86.1 cm³/mol. The number of rotatable bonds is 3. The lowest BCUT2D eigenvalue weighted by molar-refractivity contribution is -0.115. The zero-order valence-electron chi connectivity index (χ0n) is 11.4. The third-order valence-corrected chi connectivity index (χ3v) is 4.33. The molecule has 0 fully saturated rings. The molecule has 104 valence electrons. The van der Waals surface area contributed by atoms with Gasteiger partial charge in [-0.3, -0.25) is 9.59 Å². The van der Waals surface area contributed by atoms with E-state index in [1.165, 1.54) is 18.3 Å². The first-order chi connectivity index (χ1) is 10.1. The second-order valence-corrected chi connectivity index (χ2v) is 5.72. The molecular weight excluding hydrogens is 284 g/mol. The third-order valence-electron chi connectivity index (χ3n) is 3.19. The van der Waals surface area contributed by atoms with Gasteiger partial charge in [-0.05, 0) is 24.3 Å². The predicted octanol–water partition coefficient (Wildman–Crippen LogP) is 3.90. The molecule has 3 nitrogen and oxygen atoms in total. The Bertz CT molecular complexity index is 938. The van der Waals surface area contributed by atoms with E-state index in [0.717, 1.165) is 9.40 Å². The molecule has 21 heavy (non-hydrogen) atoms. The molecule has 4 heteroatoms. The van der Waals surface area contributed by atoms with Gasteiger partial charge in [-0.2, -0.15) is 0 Å². The lowest BCUT2D eigenvalue weighted by atomic mass is 10.1. The Morgan fingerprint density at radius 3 is 2.57 bits per heavy atom. The van der Waals surface area contributed by atoms with Gasteiger partial charge in [0, 0.05) is 21.7 Å². The summed E-state index contributed by atoms with van der Waals surface area (Å²) in [5.74, 6) is 0.142. The Kier molecular flexibility index (Phi) is 3.31. The molecule has 0 amide bonds. The van der Waals surface area contributed by atoms with Gasteiger partial charge >= 0.3 is 0 Å². The van der Waals surface area contributed by atoms with Crippen LogP contribution in [-0.4, -0.2) is 5.78 Å². The Morgan fingerprint density at radius 2 is 1.81 bits per heavy atom. The number of fused-ring (bicyclic) bond motifs is 2. The molecule has 1 heterocycles. The van der Waals surface area contributed by atoms with Gasteiger partial charge in [-0.1, -0.05) is 24.8 Å². The third kappa shape index (κ3) is 2.34. The first-order valence-corrected chi connectivity index (χ1v) is 7.22. The number of Topliss-reactive ketones (excluding diaryl/α,β-unsaturated/α-hetero) is 1. The molecule has 0 saturated heterocycles. The minimum Gasteiger partial charge on any atom is -0.453 e. The van der Waals surface area contributed by atoms with Crippen LogP contribution in [0.1, 0.15) is 6.92 Å². The number of ether oxygens (including phenoxy) is 1. The quantitative estimate of drug-likeness (QED) is 0.418. The standard InChI is InChI=1S/C17H12O3S/c1-10(18)11(2)20-13-7-5-9-15-16(13)17(19)12-6-3-4-8-14(12)21-15/h3-9H,2H2,1H3. The second kappa shape index (κ2) is 5.14. The van der Waals surface area contributed by atoms with E-state index >= 15 is 0 Å². The van der Waals surface area contributed by atoms with Gasteiger partial charge in [-0.25, -0.2) is 0 Å². The van der Waals surface area contributed by atoms with Crippen molar-refractivity contribution < 1.29 is 9.53 Å². The maximum atomic E-state index is 12.7. The Labute approximate surface area is 125 Å². The van der Waals surface area contributed by atoms with Crippen LogP contribution in [0.15, 0.2) is 59.6 Å². The molecule has 0 spiro atoms. The molecule has 3 aromatic rings. The van der Waals surface area contributed by atoms with Crippen molar-refractivity contribution in [3.63, 3.8) is 0 Å². The molecule has 0 radical (unpaired) electrons. The minimum atomic E-state index is -0.260. The van der Waals surface area contributed by atoms with Crippen LogP contribution in [0.5, 0.6) is 5.75 Å². The zero-order valence-corrected chi connectivity index (χ0v) is 12.2. The van der Waals surface area contributed by atoms with E-state index in [4.69, 9.17) is 4.74 Å². The highest BCUT2D eigenvalue weighted by molar-refractivity contribution is 7.24. The first kappa shape index (κ1) is 13.5. The van der Waals surface area contributed by atoms with Crippen molar-refractivity contribution in [1.29, 1.82) is 0 Å². The molecular formula is C17H12O3S. The van der Waals surface area contributed by atoms with Crippen LogP contribution in [0.3, 0.4) is 0 Å². The summed E-state index contributed by atoms with van der Waals surface area (Å²) in [7, 11) is 0. The van der Waals surface area contributed by atoms with Gasteiger partial charge in [0.1, 0.15) is 5.75 Å². The fourth-order valence-electron chi connectivity index (χ4n) is 2.11. The molecule has 2 aromatic carbocycles. The molecule has 0 saturated carbocycles. The zero-order chi connectivity index (χ0) is 15.0. The maximum Gasteiger partial charge on any atom is 0.199 e. The molecule has 0 aliphatic heterocycles. The van der Waals surface area contributed by atoms with E-state index in [0.29, 0.717) is 16.5 Å². The van der Waals surface area contributed by atoms with Crippen LogP contribution in [-0.2, 0) is 4.79 Å². The Balaban J connectivity index is 2.32. The Hall–Kier alpha value is -2.46. The van der Waals surface area contributed by atoms with E-state index in [1.54, 1.807) is 18.2 Å². The summed E-state index contributed by atoms with van der Waals surface area (Å²) >= 11 is 1.52. The van der Waals surface area contributed by atoms with Crippen LogP contribution in [0.4, 0.5) is 0 Å². The highest BCUT2D eigenvalue weighted by Crippen LogP contribution is 2.30. The summed E-state index contributed by atoms with van der Waals surface area (Å²) < 4.78 is 7.24. The molecule has 3 rings (SSSR count). The number of benzene rings is 2. The molecule has 0 bridgehead atoms. The molecule has 0 unspecified atom stereocenters. The monoisotopic (exact) mass is 296 g/mol. The van der Waals surface area contributed by atoms with Crippen LogP contribution in [0.2, 0.25) is 0 Å². The summed E-state index contributed by atoms with van der Waals surface area (Å²) in [6.45, 7) is 4.96. The lowest BCUT2D eigenvalue weighted by Gasteiger charge is -2.09. The Morgan fingerprint density at radius 1 is 1.10 bits per heavy atom. The maximum absolute atomic E-state index is 12.7. The summed E-state index contributed by atoms with van der Waals surface area (Å²) in [5.41, 5.74) is -0.0914. The minimum absolute atomic E-state index is 0.0278.